The van der Waals surface area contributed by atoms with E-state index in [1.165, 1.54) is 16.8 Å². The van der Waals surface area contributed by atoms with Crippen molar-refractivity contribution in [1.29, 1.82) is 0 Å². The van der Waals surface area contributed by atoms with E-state index in [-0.39, 0.29) is 12.4 Å². The Morgan fingerprint density at radius 3 is 3.07 bits per heavy atom. The Labute approximate surface area is 79.9 Å². The lowest BCUT2D eigenvalue weighted by Crippen LogP contribution is -2.26. The molecule has 0 bridgehead atoms. The molecule has 1 aromatic rings. The molecule has 1 aliphatic rings. The zero-order valence-electron chi connectivity index (χ0n) is 7.46. The third-order valence-corrected chi connectivity index (χ3v) is 2.12. The number of ether oxygens (including phenoxy) is 1. The van der Waals surface area contributed by atoms with Crippen LogP contribution in [0.25, 0.3) is 0 Å². The van der Waals surface area contributed by atoms with Crippen molar-refractivity contribution in [3.8, 4) is 0 Å². The molecule has 0 aromatic carbocycles. The average Bonchev–Trinajstić information content (AvgIpc) is 2.51. The lowest BCUT2D eigenvalue weighted by atomic mass is 10.3. The highest BCUT2D eigenvalue weighted by molar-refractivity contribution is 5.23. The van der Waals surface area contributed by atoms with Crippen molar-refractivity contribution in [1.82, 2.24) is 9.55 Å². The van der Waals surface area contributed by atoms with Gasteiger partial charge in [0, 0.05) is 12.6 Å². The highest BCUT2D eigenvalue weighted by Crippen LogP contribution is 2.21. The number of nitrogens with zero attached hydrogens (tertiary/aromatic N) is 2. The Kier molecular flexibility index (Phi) is 2.22. The van der Waals surface area contributed by atoms with Crippen LogP contribution in [0.2, 0.25) is 0 Å². The van der Waals surface area contributed by atoms with Crippen LogP contribution in [-0.4, -0.2) is 27.4 Å². The van der Waals surface area contributed by atoms with E-state index in [4.69, 9.17) is 10.5 Å². The van der Waals surface area contributed by atoms with E-state index in [1.54, 1.807) is 0 Å². The minimum atomic E-state index is -0.510. The molecule has 1 aliphatic heterocycles. The molecule has 0 amide bonds. The van der Waals surface area contributed by atoms with Crippen molar-refractivity contribution in [2.75, 3.05) is 12.3 Å². The summed E-state index contributed by atoms with van der Waals surface area (Å²) in [5.74, 6) is 0.185. The summed E-state index contributed by atoms with van der Waals surface area (Å²) < 4.78 is 6.53. The molecule has 1 fully saturated rings. The predicted octanol–water partition coefficient (Wildman–Crippen LogP) is -0.895. The number of anilines is 1. The van der Waals surface area contributed by atoms with Gasteiger partial charge in [0.1, 0.15) is 12.0 Å². The van der Waals surface area contributed by atoms with Crippen LogP contribution in [0.3, 0.4) is 0 Å². The van der Waals surface area contributed by atoms with Crippen LogP contribution in [0.1, 0.15) is 12.6 Å². The number of nitrogen functional groups attached to an aromatic ring is 1. The van der Waals surface area contributed by atoms with Gasteiger partial charge in [-0.15, -0.1) is 0 Å². The summed E-state index contributed by atoms with van der Waals surface area (Å²) >= 11 is 0. The van der Waals surface area contributed by atoms with Gasteiger partial charge in [-0.25, -0.2) is 4.79 Å². The van der Waals surface area contributed by atoms with E-state index in [2.05, 4.69) is 4.98 Å². The molecule has 76 valence electrons. The number of hydrogen-bond acceptors (Lipinski definition) is 5. The molecule has 2 atom stereocenters. The van der Waals surface area contributed by atoms with Gasteiger partial charge in [-0.1, -0.05) is 0 Å². The third-order valence-electron chi connectivity index (χ3n) is 2.12. The fourth-order valence-electron chi connectivity index (χ4n) is 1.43. The molecule has 6 heteroatoms. The fourth-order valence-corrected chi connectivity index (χ4v) is 1.43. The Hall–Kier alpha value is -1.40. The zero-order chi connectivity index (χ0) is 10.1. The maximum absolute atomic E-state index is 11.3. The largest absolute Gasteiger partial charge is 0.391 e. The number of rotatable bonds is 1. The van der Waals surface area contributed by atoms with Crippen molar-refractivity contribution < 1.29 is 9.84 Å². The standard InChI is InChI=1S/C8H11N3O3/c9-6-1-2-11(8(13)10-6)7-3-5(12)4-14-7/h1-2,5,7,12H,3-4H2,(H2,9,10,13)/t5-,7?/m1/s1. The van der Waals surface area contributed by atoms with Crippen molar-refractivity contribution in [2.45, 2.75) is 18.8 Å². The SMILES string of the molecule is Nc1ccn(C2C[C@@H](O)CO2)c(=O)n1. The molecule has 1 aromatic heterocycles. The average molecular weight is 197 g/mol. The first-order valence-corrected chi connectivity index (χ1v) is 4.31. The number of aliphatic hydroxyl groups is 1. The zero-order valence-corrected chi connectivity index (χ0v) is 7.46. The molecule has 0 aliphatic carbocycles. The molecule has 14 heavy (non-hydrogen) atoms. The summed E-state index contributed by atoms with van der Waals surface area (Å²) in [5, 5.41) is 9.22. The molecule has 0 radical (unpaired) electrons. The van der Waals surface area contributed by atoms with Crippen LogP contribution in [-0.2, 0) is 4.74 Å². The van der Waals surface area contributed by atoms with Gasteiger partial charge in [-0.2, -0.15) is 4.98 Å². The quantitative estimate of drug-likeness (QED) is 0.609. The Balaban J connectivity index is 2.29. The molecular weight excluding hydrogens is 186 g/mol. The van der Waals surface area contributed by atoms with Crippen LogP contribution >= 0.6 is 0 Å². The number of aromatic nitrogens is 2. The summed E-state index contributed by atoms with van der Waals surface area (Å²) in [6.07, 6.45) is 0.994. The van der Waals surface area contributed by atoms with E-state index in [9.17, 15) is 9.90 Å². The smallest absolute Gasteiger partial charge is 0.351 e. The van der Waals surface area contributed by atoms with Crippen LogP contribution in [0, 0.1) is 0 Å². The van der Waals surface area contributed by atoms with Gasteiger partial charge < -0.3 is 15.6 Å². The van der Waals surface area contributed by atoms with Crippen LogP contribution in [0.5, 0.6) is 0 Å². The van der Waals surface area contributed by atoms with Crippen molar-refractivity contribution in [2.24, 2.45) is 0 Å². The van der Waals surface area contributed by atoms with E-state index in [0.717, 1.165) is 0 Å². The van der Waals surface area contributed by atoms with Gasteiger partial charge in [-0.05, 0) is 6.07 Å². The van der Waals surface area contributed by atoms with Gasteiger partial charge in [0.25, 0.3) is 0 Å². The molecule has 2 rings (SSSR count). The van der Waals surface area contributed by atoms with Crippen LogP contribution in [0.4, 0.5) is 5.82 Å². The van der Waals surface area contributed by atoms with Crippen LogP contribution in [0.15, 0.2) is 17.1 Å². The molecular formula is C8H11N3O3. The highest BCUT2D eigenvalue weighted by atomic mass is 16.5. The number of hydrogen-bond donors (Lipinski definition) is 2. The maximum atomic E-state index is 11.3. The van der Waals surface area contributed by atoms with Crippen LogP contribution < -0.4 is 11.4 Å². The monoisotopic (exact) mass is 197 g/mol. The second-order valence-electron chi connectivity index (χ2n) is 3.22. The topological polar surface area (TPSA) is 90.4 Å². The fraction of sp³-hybridized carbons (Fsp3) is 0.500. The lowest BCUT2D eigenvalue weighted by Gasteiger charge is -2.11. The molecule has 2 heterocycles. The van der Waals surface area contributed by atoms with Gasteiger partial charge in [0.2, 0.25) is 0 Å². The van der Waals surface area contributed by atoms with E-state index < -0.39 is 18.0 Å². The maximum Gasteiger partial charge on any atom is 0.351 e. The summed E-state index contributed by atoms with van der Waals surface area (Å²) in [4.78, 5) is 14.9. The van der Waals surface area contributed by atoms with Crippen molar-refractivity contribution in [3.63, 3.8) is 0 Å². The van der Waals surface area contributed by atoms with E-state index in [0.29, 0.717) is 6.42 Å². The highest BCUT2D eigenvalue weighted by Gasteiger charge is 2.25. The van der Waals surface area contributed by atoms with Gasteiger partial charge >= 0.3 is 5.69 Å². The third kappa shape index (κ3) is 1.61. The van der Waals surface area contributed by atoms with Crippen molar-refractivity contribution in [3.05, 3.63) is 22.7 Å². The van der Waals surface area contributed by atoms with E-state index >= 15 is 0 Å². The lowest BCUT2D eigenvalue weighted by molar-refractivity contribution is 0.0448. The normalized spacial score (nSPS) is 26.6. The molecule has 1 saturated heterocycles. The first-order valence-electron chi connectivity index (χ1n) is 4.31. The van der Waals surface area contributed by atoms with Gasteiger partial charge in [-0.3, -0.25) is 4.57 Å². The van der Waals surface area contributed by atoms with Gasteiger partial charge in [0.15, 0.2) is 0 Å². The Bertz CT molecular complexity index is 390. The first kappa shape index (κ1) is 9.17. The number of nitrogens with two attached hydrogens (primary N) is 1. The van der Waals surface area contributed by atoms with Gasteiger partial charge in [0.05, 0.1) is 12.7 Å². The minimum absolute atomic E-state index is 0.185. The molecule has 1 unspecified atom stereocenters. The Morgan fingerprint density at radius 2 is 2.50 bits per heavy atom. The Morgan fingerprint density at radius 1 is 1.71 bits per heavy atom. The van der Waals surface area contributed by atoms with Crippen molar-refractivity contribution >= 4 is 5.82 Å². The summed E-state index contributed by atoms with van der Waals surface area (Å²) in [7, 11) is 0. The molecule has 6 nitrogen and oxygen atoms in total. The number of aliphatic hydroxyl groups excluding tert-OH is 1. The first-order chi connectivity index (χ1) is 6.66. The minimum Gasteiger partial charge on any atom is -0.391 e. The summed E-state index contributed by atoms with van der Waals surface area (Å²) in [5.41, 5.74) is 4.88. The predicted molar refractivity (Wildman–Crippen MR) is 48.5 cm³/mol. The molecule has 3 N–H and O–H groups in total. The van der Waals surface area contributed by atoms with E-state index in [1.807, 2.05) is 0 Å². The summed E-state index contributed by atoms with van der Waals surface area (Å²) in [6.45, 7) is 0.251. The molecule has 0 saturated carbocycles. The summed E-state index contributed by atoms with van der Waals surface area (Å²) in [6, 6.07) is 1.52. The second kappa shape index (κ2) is 3.39. The second-order valence-corrected chi connectivity index (χ2v) is 3.22. The molecule has 0 spiro atoms.